The van der Waals surface area contributed by atoms with Gasteiger partial charge in [-0.2, -0.15) is 0 Å². The maximum atomic E-state index is 5.27. The van der Waals surface area contributed by atoms with E-state index < -0.39 is 0 Å². The van der Waals surface area contributed by atoms with Crippen LogP contribution in [0.25, 0.3) is 0 Å². The van der Waals surface area contributed by atoms with E-state index in [0.717, 1.165) is 12.4 Å². The lowest BCUT2D eigenvalue weighted by atomic mass is 10.1. The number of hydrogen-bond acceptors (Lipinski definition) is 6. The van der Waals surface area contributed by atoms with Crippen molar-refractivity contribution < 1.29 is 9.47 Å². The lowest BCUT2D eigenvalue weighted by Gasteiger charge is -2.23. The molecule has 1 aromatic heterocycles. The summed E-state index contributed by atoms with van der Waals surface area (Å²) >= 11 is 0. The van der Waals surface area contributed by atoms with E-state index in [4.69, 9.17) is 9.47 Å². The molecule has 1 N–H and O–H groups in total. The standard InChI is InChI=1S/C12H25N5O2/c1-9(2)11(8-19-5)17-12(14-15-16-17)10(3)13-6-7-18-4/h9-11,13H,6-8H2,1-5H3. The van der Waals surface area contributed by atoms with E-state index in [-0.39, 0.29) is 12.1 Å². The highest BCUT2D eigenvalue weighted by molar-refractivity contribution is 4.92. The molecule has 1 heterocycles. The summed E-state index contributed by atoms with van der Waals surface area (Å²) in [4.78, 5) is 0. The maximum Gasteiger partial charge on any atom is 0.168 e. The summed E-state index contributed by atoms with van der Waals surface area (Å²) in [6, 6.07) is 0.213. The van der Waals surface area contributed by atoms with Crippen molar-refractivity contribution in [1.29, 1.82) is 0 Å². The van der Waals surface area contributed by atoms with Crippen LogP contribution in [-0.4, -0.2) is 54.2 Å². The Kier molecular flexibility index (Phi) is 6.90. The Morgan fingerprint density at radius 1 is 1.21 bits per heavy atom. The summed E-state index contributed by atoms with van der Waals surface area (Å²) in [5.74, 6) is 1.22. The Hall–Kier alpha value is -1.05. The van der Waals surface area contributed by atoms with E-state index in [0.29, 0.717) is 19.1 Å². The molecule has 0 radical (unpaired) electrons. The van der Waals surface area contributed by atoms with Crippen LogP contribution in [0.5, 0.6) is 0 Å². The molecule has 0 aliphatic carbocycles. The van der Waals surface area contributed by atoms with Gasteiger partial charge in [0.25, 0.3) is 0 Å². The van der Waals surface area contributed by atoms with E-state index >= 15 is 0 Å². The van der Waals surface area contributed by atoms with Gasteiger partial charge < -0.3 is 14.8 Å². The van der Waals surface area contributed by atoms with Crippen molar-refractivity contribution in [2.75, 3.05) is 34.0 Å². The molecule has 2 atom stereocenters. The van der Waals surface area contributed by atoms with Crippen molar-refractivity contribution >= 4 is 0 Å². The van der Waals surface area contributed by atoms with Gasteiger partial charge in [0.2, 0.25) is 0 Å². The molecule has 0 aromatic carbocycles. The van der Waals surface area contributed by atoms with Crippen molar-refractivity contribution in [3.63, 3.8) is 0 Å². The van der Waals surface area contributed by atoms with E-state index in [1.54, 1.807) is 14.2 Å². The zero-order valence-corrected chi connectivity index (χ0v) is 12.5. The first-order chi connectivity index (χ1) is 9.11. The first kappa shape index (κ1) is 16.0. The summed E-state index contributed by atoms with van der Waals surface area (Å²) < 4.78 is 12.1. The molecule has 0 aliphatic heterocycles. The van der Waals surface area contributed by atoms with Crippen molar-refractivity contribution in [2.24, 2.45) is 5.92 Å². The first-order valence-corrected chi connectivity index (χ1v) is 6.60. The molecule has 1 aromatic rings. The Bertz CT molecular complexity index is 356. The third-order valence-electron chi connectivity index (χ3n) is 3.08. The molecule has 7 nitrogen and oxygen atoms in total. The fraction of sp³-hybridized carbons (Fsp3) is 0.917. The molecule has 1 rings (SSSR count). The molecule has 0 amide bonds. The summed E-state index contributed by atoms with van der Waals surface area (Å²) in [5, 5.41) is 15.4. The highest BCUT2D eigenvalue weighted by Crippen LogP contribution is 2.20. The van der Waals surface area contributed by atoms with Crippen LogP contribution < -0.4 is 5.32 Å². The minimum Gasteiger partial charge on any atom is -0.383 e. The lowest BCUT2D eigenvalue weighted by Crippen LogP contribution is -2.29. The van der Waals surface area contributed by atoms with Gasteiger partial charge in [-0.3, -0.25) is 0 Å². The summed E-state index contributed by atoms with van der Waals surface area (Å²) in [7, 11) is 3.38. The molecule has 0 spiro atoms. The normalized spacial score (nSPS) is 14.8. The highest BCUT2D eigenvalue weighted by atomic mass is 16.5. The van der Waals surface area contributed by atoms with Crippen LogP contribution in [0.2, 0.25) is 0 Å². The molecule has 0 aliphatic rings. The second kappa shape index (κ2) is 8.19. The van der Waals surface area contributed by atoms with Crippen molar-refractivity contribution in [1.82, 2.24) is 25.5 Å². The molecular weight excluding hydrogens is 246 g/mol. The molecule has 0 saturated heterocycles. The van der Waals surface area contributed by atoms with Crippen LogP contribution in [-0.2, 0) is 9.47 Å². The molecule has 7 heteroatoms. The minimum atomic E-state index is 0.0725. The molecule has 19 heavy (non-hydrogen) atoms. The van der Waals surface area contributed by atoms with Crippen molar-refractivity contribution in [2.45, 2.75) is 32.9 Å². The fourth-order valence-electron chi connectivity index (χ4n) is 1.91. The predicted molar refractivity (Wildman–Crippen MR) is 71.9 cm³/mol. The van der Waals surface area contributed by atoms with Gasteiger partial charge in [-0.05, 0) is 23.3 Å². The molecule has 110 valence electrons. The van der Waals surface area contributed by atoms with E-state index in [1.165, 1.54) is 0 Å². The second-order valence-corrected chi connectivity index (χ2v) is 4.92. The second-order valence-electron chi connectivity index (χ2n) is 4.92. The number of nitrogens with one attached hydrogen (secondary N) is 1. The minimum absolute atomic E-state index is 0.0725. The van der Waals surface area contributed by atoms with E-state index in [1.807, 2.05) is 11.6 Å². The third kappa shape index (κ3) is 4.52. The summed E-state index contributed by atoms with van der Waals surface area (Å²) in [6.07, 6.45) is 0. The van der Waals surface area contributed by atoms with Crippen LogP contribution in [0.4, 0.5) is 0 Å². The zero-order chi connectivity index (χ0) is 14.3. The largest absolute Gasteiger partial charge is 0.383 e. The fourth-order valence-corrected chi connectivity index (χ4v) is 1.91. The van der Waals surface area contributed by atoms with Gasteiger partial charge in [-0.1, -0.05) is 13.8 Å². The Balaban J connectivity index is 2.77. The monoisotopic (exact) mass is 271 g/mol. The number of methoxy groups -OCH3 is 2. The highest BCUT2D eigenvalue weighted by Gasteiger charge is 2.23. The molecule has 2 unspecified atom stereocenters. The lowest BCUT2D eigenvalue weighted by molar-refractivity contribution is 0.122. The van der Waals surface area contributed by atoms with Gasteiger partial charge in [-0.25, -0.2) is 4.68 Å². The number of ether oxygens (including phenoxy) is 2. The number of nitrogens with zero attached hydrogens (tertiary/aromatic N) is 4. The molecule has 0 bridgehead atoms. The molecular formula is C12H25N5O2. The number of hydrogen-bond donors (Lipinski definition) is 1. The molecule has 0 saturated carbocycles. The quantitative estimate of drug-likeness (QED) is 0.670. The zero-order valence-electron chi connectivity index (χ0n) is 12.5. The predicted octanol–water partition coefficient (Wildman–Crippen LogP) is 0.814. The van der Waals surface area contributed by atoms with Gasteiger partial charge in [0, 0.05) is 20.8 Å². The number of tetrazole rings is 1. The SMILES string of the molecule is COCCNC(C)c1nnnn1C(COC)C(C)C. The van der Waals surface area contributed by atoms with Crippen LogP contribution in [0.15, 0.2) is 0 Å². The van der Waals surface area contributed by atoms with Crippen LogP contribution >= 0.6 is 0 Å². The maximum absolute atomic E-state index is 5.27. The van der Waals surface area contributed by atoms with Gasteiger partial charge >= 0.3 is 0 Å². The smallest absolute Gasteiger partial charge is 0.168 e. The summed E-state index contributed by atoms with van der Waals surface area (Å²) in [5.41, 5.74) is 0. The number of rotatable bonds is 9. The Labute approximate surface area is 114 Å². The van der Waals surface area contributed by atoms with Gasteiger partial charge in [-0.15, -0.1) is 5.10 Å². The van der Waals surface area contributed by atoms with E-state index in [2.05, 4.69) is 34.7 Å². The van der Waals surface area contributed by atoms with Crippen molar-refractivity contribution in [3.8, 4) is 0 Å². The first-order valence-electron chi connectivity index (χ1n) is 6.60. The average Bonchev–Trinajstić information content (AvgIpc) is 2.84. The Morgan fingerprint density at radius 2 is 1.95 bits per heavy atom. The number of aromatic nitrogens is 4. The van der Waals surface area contributed by atoms with Crippen molar-refractivity contribution in [3.05, 3.63) is 5.82 Å². The Morgan fingerprint density at radius 3 is 2.53 bits per heavy atom. The summed E-state index contributed by atoms with van der Waals surface area (Å²) in [6.45, 7) is 8.34. The average molecular weight is 271 g/mol. The van der Waals surface area contributed by atoms with E-state index in [9.17, 15) is 0 Å². The van der Waals surface area contributed by atoms with Gasteiger partial charge in [0.05, 0.1) is 25.3 Å². The van der Waals surface area contributed by atoms with Gasteiger partial charge in [0.1, 0.15) is 0 Å². The van der Waals surface area contributed by atoms with Crippen LogP contribution in [0.1, 0.15) is 38.7 Å². The van der Waals surface area contributed by atoms with Crippen LogP contribution in [0.3, 0.4) is 0 Å². The van der Waals surface area contributed by atoms with Crippen LogP contribution in [0, 0.1) is 5.92 Å². The molecule has 0 fully saturated rings. The van der Waals surface area contributed by atoms with Gasteiger partial charge in [0.15, 0.2) is 5.82 Å². The topological polar surface area (TPSA) is 74.1 Å². The third-order valence-corrected chi connectivity index (χ3v) is 3.08.